The van der Waals surface area contributed by atoms with Gasteiger partial charge in [0.1, 0.15) is 0 Å². The fraction of sp³-hybridized carbons (Fsp3) is 0.273. The number of hydrogen-bond acceptors (Lipinski definition) is 3. The lowest BCUT2D eigenvalue weighted by Gasteiger charge is -2.09. The van der Waals surface area contributed by atoms with Crippen LogP contribution >= 0.6 is 0 Å². The van der Waals surface area contributed by atoms with Crippen molar-refractivity contribution in [3.8, 4) is 0 Å². The molecule has 0 aliphatic rings. The second-order valence-electron chi connectivity index (χ2n) is 3.73. The topological polar surface area (TPSA) is 81.1 Å². The van der Waals surface area contributed by atoms with Crippen molar-refractivity contribution in [1.29, 1.82) is 0 Å². The molecule has 5 nitrogen and oxygen atoms in total. The molecule has 0 bridgehead atoms. The molecule has 0 saturated heterocycles. The number of benzene rings is 1. The van der Waals surface area contributed by atoms with E-state index in [1.165, 1.54) is 0 Å². The first-order valence-electron chi connectivity index (χ1n) is 4.98. The van der Waals surface area contributed by atoms with Gasteiger partial charge in [0, 0.05) is 12.4 Å². The molecule has 16 heavy (non-hydrogen) atoms. The molecule has 0 radical (unpaired) electrons. The molecule has 0 amide bonds. The van der Waals surface area contributed by atoms with E-state index in [-0.39, 0.29) is 6.42 Å². The van der Waals surface area contributed by atoms with Crippen LogP contribution in [0.1, 0.15) is 18.2 Å². The molecule has 0 aliphatic heterocycles. The van der Waals surface area contributed by atoms with Gasteiger partial charge < -0.3 is 10.8 Å². The average Bonchev–Trinajstić information content (AvgIpc) is 2.52. The lowest BCUT2D eigenvalue weighted by molar-refractivity contribution is -0.137. The molecule has 1 heterocycles. The van der Waals surface area contributed by atoms with Crippen molar-refractivity contribution < 1.29 is 9.90 Å². The number of carbonyl (C=O) groups is 1. The summed E-state index contributed by atoms with van der Waals surface area (Å²) in [6, 6.07) is 7.03. The summed E-state index contributed by atoms with van der Waals surface area (Å²) >= 11 is 0. The van der Waals surface area contributed by atoms with Crippen LogP contribution in [-0.2, 0) is 11.8 Å². The largest absolute Gasteiger partial charge is 0.481 e. The minimum absolute atomic E-state index is 0.0937. The number of nitrogens with zero attached hydrogens (tertiary/aromatic N) is 2. The average molecular weight is 219 g/mol. The number of aromatic nitrogens is 2. The highest BCUT2D eigenvalue weighted by molar-refractivity contribution is 5.82. The maximum Gasteiger partial charge on any atom is 0.305 e. The molecule has 84 valence electrons. The molecular weight excluding hydrogens is 206 g/mol. The number of hydrogen-bond donors (Lipinski definition) is 2. The predicted molar refractivity (Wildman–Crippen MR) is 59.9 cm³/mol. The fourth-order valence-corrected chi connectivity index (χ4v) is 1.89. The van der Waals surface area contributed by atoms with Crippen molar-refractivity contribution in [2.45, 2.75) is 12.5 Å². The van der Waals surface area contributed by atoms with Gasteiger partial charge in [-0.05, 0) is 6.07 Å². The van der Waals surface area contributed by atoms with E-state index in [4.69, 9.17) is 10.8 Å². The van der Waals surface area contributed by atoms with Crippen molar-refractivity contribution in [2.24, 2.45) is 12.8 Å². The van der Waals surface area contributed by atoms with Gasteiger partial charge in [-0.3, -0.25) is 9.48 Å². The summed E-state index contributed by atoms with van der Waals surface area (Å²) in [5, 5.41) is 13.9. The first-order chi connectivity index (χ1) is 7.59. The molecule has 0 saturated carbocycles. The lowest BCUT2D eigenvalue weighted by atomic mass is 10.1. The van der Waals surface area contributed by atoms with Crippen molar-refractivity contribution in [2.75, 3.05) is 0 Å². The summed E-state index contributed by atoms with van der Waals surface area (Å²) in [5.41, 5.74) is 7.46. The van der Waals surface area contributed by atoms with E-state index in [1.54, 1.807) is 11.7 Å². The highest BCUT2D eigenvalue weighted by Gasteiger charge is 2.18. The maximum absolute atomic E-state index is 10.6. The number of aliphatic carboxylic acids is 1. The number of rotatable bonds is 3. The minimum atomic E-state index is -0.905. The minimum Gasteiger partial charge on any atom is -0.481 e. The maximum atomic E-state index is 10.6. The van der Waals surface area contributed by atoms with Crippen molar-refractivity contribution >= 4 is 16.9 Å². The van der Waals surface area contributed by atoms with E-state index in [0.29, 0.717) is 0 Å². The van der Waals surface area contributed by atoms with Crippen molar-refractivity contribution in [3.63, 3.8) is 0 Å². The second-order valence-corrected chi connectivity index (χ2v) is 3.73. The second kappa shape index (κ2) is 3.94. The van der Waals surface area contributed by atoms with Crippen LogP contribution < -0.4 is 5.73 Å². The Morgan fingerprint density at radius 1 is 1.56 bits per heavy atom. The van der Waals surface area contributed by atoms with E-state index in [1.807, 2.05) is 24.3 Å². The highest BCUT2D eigenvalue weighted by atomic mass is 16.4. The summed E-state index contributed by atoms with van der Waals surface area (Å²) in [5.74, 6) is -0.905. The Morgan fingerprint density at radius 3 is 2.94 bits per heavy atom. The third-order valence-electron chi connectivity index (χ3n) is 2.53. The molecule has 1 unspecified atom stereocenters. The standard InChI is InChI=1S/C11H13N3O2/c1-14-11(8(12)6-10(15)16)7-4-2-3-5-9(7)13-14/h2-5,8H,6,12H2,1H3,(H,15,16). The Morgan fingerprint density at radius 2 is 2.25 bits per heavy atom. The summed E-state index contributed by atoms with van der Waals surface area (Å²) < 4.78 is 1.65. The van der Waals surface area contributed by atoms with Crippen LogP contribution in [0.25, 0.3) is 10.9 Å². The zero-order chi connectivity index (χ0) is 11.7. The predicted octanol–water partition coefficient (Wildman–Crippen LogP) is 1.05. The van der Waals surface area contributed by atoms with Crippen LogP contribution in [-0.4, -0.2) is 20.9 Å². The summed E-state index contributed by atoms with van der Waals surface area (Å²) in [6.45, 7) is 0. The van der Waals surface area contributed by atoms with Gasteiger partial charge in [-0.1, -0.05) is 18.2 Å². The third kappa shape index (κ3) is 1.77. The summed E-state index contributed by atoms with van der Waals surface area (Å²) in [6.07, 6.45) is -0.0937. The molecule has 1 aromatic heterocycles. The molecule has 0 spiro atoms. The Labute approximate surface area is 92.5 Å². The first-order valence-corrected chi connectivity index (χ1v) is 4.98. The van der Waals surface area contributed by atoms with Gasteiger partial charge in [0.25, 0.3) is 0 Å². The van der Waals surface area contributed by atoms with Gasteiger partial charge in [-0.15, -0.1) is 0 Å². The van der Waals surface area contributed by atoms with E-state index >= 15 is 0 Å². The van der Waals surface area contributed by atoms with E-state index in [0.717, 1.165) is 16.6 Å². The Bertz CT molecular complexity index is 533. The molecule has 1 atom stereocenters. The SMILES string of the molecule is Cn1nc2ccccc2c1C(N)CC(=O)O. The number of aryl methyl sites for hydroxylation is 1. The number of nitrogens with two attached hydrogens (primary N) is 1. The zero-order valence-electron chi connectivity index (χ0n) is 8.92. The Balaban J connectivity index is 2.50. The smallest absolute Gasteiger partial charge is 0.305 e. The Hall–Kier alpha value is -1.88. The molecule has 3 N–H and O–H groups in total. The van der Waals surface area contributed by atoms with Gasteiger partial charge in [0.15, 0.2) is 0 Å². The van der Waals surface area contributed by atoms with Gasteiger partial charge in [-0.2, -0.15) is 5.10 Å². The summed E-state index contributed by atoms with van der Waals surface area (Å²) in [4.78, 5) is 10.6. The van der Waals surface area contributed by atoms with E-state index in [2.05, 4.69) is 5.10 Å². The zero-order valence-corrected chi connectivity index (χ0v) is 8.92. The molecule has 0 fully saturated rings. The number of carboxylic acids is 1. The molecule has 2 rings (SSSR count). The molecule has 5 heteroatoms. The number of fused-ring (bicyclic) bond motifs is 1. The normalized spacial score (nSPS) is 12.9. The van der Waals surface area contributed by atoms with Gasteiger partial charge in [0.2, 0.25) is 0 Å². The van der Waals surface area contributed by atoms with Crippen molar-refractivity contribution in [3.05, 3.63) is 30.0 Å². The Kier molecular flexibility index (Phi) is 2.62. The van der Waals surface area contributed by atoms with E-state index in [9.17, 15) is 4.79 Å². The van der Waals surface area contributed by atoms with Crippen molar-refractivity contribution in [1.82, 2.24) is 9.78 Å². The van der Waals surface area contributed by atoms with Gasteiger partial charge in [0.05, 0.1) is 23.7 Å². The monoisotopic (exact) mass is 219 g/mol. The van der Waals surface area contributed by atoms with Crippen LogP contribution in [0.2, 0.25) is 0 Å². The molecule has 2 aromatic rings. The van der Waals surface area contributed by atoms with Gasteiger partial charge in [-0.25, -0.2) is 0 Å². The summed E-state index contributed by atoms with van der Waals surface area (Å²) in [7, 11) is 1.77. The fourth-order valence-electron chi connectivity index (χ4n) is 1.89. The van der Waals surface area contributed by atoms with Crippen LogP contribution in [0.4, 0.5) is 0 Å². The molecule has 1 aromatic carbocycles. The van der Waals surface area contributed by atoms with Crippen LogP contribution in [0.15, 0.2) is 24.3 Å². The third-order valence-corrected chi connectivity index (χ3v) is 2.53. The number of carboxylic acid groups (broad SMARTS) is 1. The quantitative estimate of drug-likeness (QED) is 0.808. The van der Waals surface area contributed by atoms with Crippen LogP contribution in [0, 0.1) is 0 Å². The molecule has 0 aliphatic carbocycles. The molecular formula is C11H13N3O2. The lowest BCUT2D eigenvalue weighted by Crippen LogP contribution is -2.18. The van der Waals surface area contributed by atoms with E-state index < -0.39 is 12.0 Å². The van der Waals surface area contributed by atoms with Gasteiger partial charge >= 0.3 is 5.97 Å². The highest BCUT2D eigenvalue weighted by Crippen LogP contribution is 2.23. The van der Waals surface area contributed by atoms with Crippen LogP contribution in [0.3, 0.4) is 0 Å². The first kappa shape index (κ1) is 10.6. The van der Waals surface area contributed by atoms with Crippen LogP contribution in [0.5, 0.6) is 0 Å².